The normalized spacial score (nSPS) is 11.1. The summed E-state index contributed by atoms with van der Waals surface area (Å²) in [6, 6.07) is 10.1. The minimum absolute atomic E-state index is 0.138. The molecule has 2 N–H and O–H groups in total. The van der Waals surface area contributed by atoms with Crippen molar-refractivity contribution in [3.8, 4) is 17.3 Å². The van der Waals surface area contributed by atoms with Gasteiger partial charge in [0.05, 0.1) is 22.5 Å². The zero-order valence-electron chi connectivity index (χ0n) is 14.1. The van der Waals surface area contributed by atoms with Gasteiger partial charge in [-0.05, 0) is 37.4 Å². The lowest BCUT2D eigenvalue weighted by molar-refractivity contribution is 0.588. The van der Waals surface area contributed by atoms with Crippen molar-refractivity contribution in [1.82, 2.24) is 19.3 Å². The summed E-state index contributed by atoms with van der Waals surface area (Å²) in [5.41, 5.74) is 2.34. The Balaban J connectivity index is 2.07. The number of hydrogen-bond donors (Lipinski definition) is 2. The van der Waals surface area contributed by atoms with Crippen molar-refractivity contribution in [3.63, 3.8) is 0 Å². The molecule has 26 heavy (non-hydrogen) atoms. The molecule has 1 aromatic carbocycles. The molecule has 8 nitrogen and oxygen atoms in total. The summed E-state index contributed by atoms with van der Waals surface area (Å²) in [5.74, 6) is 0.533. The number of hydrogen-bond acceptors (Lipinski definition) is 6. The van der Waals surface area contributed by atoms with Crippen molar-refractivity contribution in [3.05, 3.63) is 54.6 Å². The van der Waals surface area contributed by atoms with Gasteiger partial charge in [-0.1, -0.05) is 0 Å². The second kappa shape index (κ2) is 6.95. The van der Waals surface area contributed by atoms with E-state index in [2.05, 4.69) is 20.0 Å². The van der Waals surface area contributed by atoms with E-state index in [1.165, 1.54) is 19.3 Å². The molecule has 3 aromatic rings. The van der Waals surface area contributed by atoms with Crippen LogP contribution in [0.25, 0.3) is 11.3 Å². The number of aromatic nitrogens is 3. The number of nitrogens with one attached hydrogen (secondary N) is 2. The van der Waals surface area contributed by atoms with Crippen molar-refractivity contribution in [1.29, 1.82) is 5.26 Å². The van der Waals surface area contributed by atoms with Gasteiger partial charge in [-0.2, -0.15) is 5.26 Å². The van der Waals surface area contributed by atoms with Crippen LogP contribution in [0.1, 0.15) is 5.56 Å². The molecule has 0 aliphatic carbocycles. The van der Waals surface area contributed by atoms with Gasteiger partial charge in [0, 0.05) is 30.7 Å². The molecule has 0 radical (unpaired) electrons. The van der Waals surface area contributed by atoms with Crippen LogP contribution in [0.3, 0.4) is 0 Å². The maximum absolute atomic E-state index is 12.1. The molecule has 0 bridgehead atoms. The lowest BCUT2D eigenvalue weighted by Gasteiger charge is -2.12. The van der Waals surface area contributed by atoms with Crippen LogP contribution in [0.15, 0.2) is 53.9 Å². The first kappa shape index (κ1) is 17.6. The second-order valence-corrected chi connectivity index (χ2v) is 7.39. The molecule has 2 aromatic heterocycles. The third-order valence-corrected chi connectivity index (χ3v) is 5.12. The van der Waals surface area contributed by atoms with Crippen molar-refractivity contribution >= 4 is 21.5 Å². The minimum Gasteiger partial charge on any atom is -0.340 e. The third-order valence-electron chi connectivity index (χ3n) is 3.71. The maximum Gasteiger partial charge on any atom is 0.240 e. The molecule has 0 atom stereocenters. The van der Waals surface area contributed by atoms with Crippen LogP contribution in [0.2, 0.25) is 0 Å². The van der Waals surface area contributed by atoms with Crippen LogP contribution < -0.4 is 10.0 Å². The number of nitriles is 1. The van der Waals surface area contributed by atoms with Gasteiger partial charge in [0.15, 0.2) is 0 Å². The van der Waals surface area contributed by atoms with Gasteiger partial charge in [-0.3, -0.25) is 0 Å². The van der Waals surface area contributed by atoms with Crippen LogP contribution in [0.5, 0.6) is 0 Å². The summed E-state index contributed by atoms with van der Waals surface area (Å²) in [4.78, 5) is 8.63. The minimum atomic E-state index is -3.58. The molecular formula is C17H16N6O2S. The van der Waals surface area contributed by atoms with Gasteiger partial charge in [0.25, 0.3) is 0 Å². The molecule has 0 saturated carbocycles. The fraction of sp³-hybridized carbons (Fsp3) is 0.118. The van der Waals surface area contributed by atoms with E-state index in [9.17, 15) is 8.42 Å². The number of pyridine rings is 1. The molecule has 0 saturated heterocycles. The smallest absolute Gasteiger partial charge is 0.240 e. The fourth-order valence-electron chi connectivity index (χ4n) is 2.35. The van der Waals surface area contributed by atoms with Crippen LogP contribution in [0, 0.1) is 11.3 Å². The first-order valence-corrected chi connectivity index (χ1v) is 9.10. The number of anilines is 2. The highest BCUT2D eigenvalue weighted by molar-refractivity contribution is 7.89. The first-order chi connectivity index (χ1) is 12.4. The molecule has 9 heteroatoms. The van der Waals surface area contributed by atoms with Gasteiger partial charge in [-0.15, -0.1) is 0 Å². The number of rotatable bonds is 5. The van der Waals surface area contributed by atoms with E-state index in [0.717, 1.165) is 0 Å². The van der Waals surface area contributed by atoms with Crippen molar-refractivity contribution in [2.75, 3.05) is 12.4 Å². The van der Waals surface area contributed by atoms with E-state index in [-0.39, 0.29) is 4.90 Å². The Morgan fingerprint density at radius 3 is 2.58 bits per heavy atom. The monoisotopic (exact) mass is 368 g/mol. The second-order valence-electron chi connectivity index (χ2n) is 5.51. The fourth-order valence-corrected chi connectivity index (χ4v) is 3.11. The van der Waals surface area contributed by atoms with Gasteiger partial charge >= 0.3 is 0 Å². The van der Waals surface area contributed by atoms with Crippen molar-refractivity contribution in [2.45, 2.75) is 4.90 Å². The Bertz CT molecular complexity index is 1080. The van der Waals surface area contributed by atoms with Gasteiger partial charge in [0.1, 0.15) is 11.9 Å². The quantitative estimate of drug-likeness (QED) is 0.712. The lowest BCUT2D eigenvalue weighted by Crippen LogP contribution is -2.18. The molecule has 3 rings (SSSR count). The summed E-state index contributed by atoms with van der Waals surface area (Å²) in [7, 11) is -0.388. The summed E-state index contributed by atoms with van der Waals surface area (Å²) < 4.78 is 28.3. The Kier molecular flexibility index (Phi) is 4.71. The van der Waals surface area contributed by atoms with E-state index < -0.39 is 10.0 Å². The number of benzene rings is 1. The largest absolute Gasteiger partial charge is 0.340 e. The Morgan fingerprint density at radius 1 is 1.19 bits per heavy atom. The van der Waals surface area contributed by atoms with Crippen LogP contribution in [0.4, 0.5) is 11.5 Å². The number of nitrogens with zero attached hydrogens (tertiary/aromatic N) is 4. The molecule has 0 amide bonds. The Morgan fingerprint density at radius 2 is 2.00 bits per heavy atom. The Hall–Kier alpha value is -3.22. The molecule has 132 valence electrons. The van der Waals surface area contributed by atoms with Crippen LogP contribution in [-0.2, 0) is 17.1 Å². The van der Waals surface area contributed by atoms with Crippen LogP contribution in [-0.4, -0.2) is 30.0 Å². The number of imidazole rings is 1. The van der Waals surface area contributed by atoms with Crippen LogP contribution >= 0.6 is 0 Å². The highest BCUT2D eigenvalue weighted by atomic mass is 32.2. The van der Waals surface area contributed by atoms with E-state index in [0.29, 0.717) is 28.3 Å². The average Bonchev–Trinajstić information content (AvgIpc) is 3.08. The SMILES string of the molecule is CNS(=O)(=O)c1ccc(Nc2ccc(C#N)cn2)c(-c2cn(C)cn2)c1. The average molecular weight is 368 g/mol. The summed E-state index contributed by atoms with van der Waals surface area (Å²) in [6.45, 7) is 0. The van der Waals surface area contributed by atoms with E-state index >= 15 is 0 Å². The third kappa shape index (κ3) is 3.56. The Labute approximate surface area is 151 Å². The molecule has 0 spiro atoms. The molecular weight excluding hydrogens is 352 g/mol. The predicted molar refractivity (Wildman–Crippen MR) is 97.1 cm³/mol. The van der Waals surface area contributed by atoms with E-state index in [1.54, 1.807) is 41.4 Å². The van der Waals surface area contributed by atoms with Crippen molar-refractivity contribution < 1.29 is 8.42 Å². The lowest BCUT2D eigenvalue weighted by atomic mass is 10.1. The van der Waals surface area contributed by atoms with Gasteiger partial charge in [0.2, 0.25) is 10.0 Å². The zero-order chi connectivity index (χ0) is 18.7. The predicted octanol–water partition coefficient (Wildman–Crippen LogP) is 2.01. The topological polar surface area (TPSA) is 113 Å². The van der Waals surface area contributed by atoms with Crippen molar-refractivity contribution in [2.24, 2.45) is 7.05 Å². The number of sulfonamides is 1. The summed E-state index contributed by atoms with van der Waals surface area (Å²) in [6.07, 6.45) is 4.89. The van der Waals surface area contributed by atoms with Gasteiger partial charge in [-0.25, -0.2) is 23.1 Å². The molecule has 0 aliphatic rings. The molecule has 0 unspecified atom stereocenters. The standard InChI is InChI=1S/C17H16N6O2S/c1-19-26(24,25)13-4-5-15(14(7-13)16-10-23(2)11-21-16)22-17-6-3-12(8-18)9-20-17/h3-7,9-11,19H,1-2H3,(H,20,22). The summed E-state index contributed by atoms with van der Waals surface area (Å²) >= 11 is 0. The molecule has 0 fully saturated rings. The maximum atomic E-state index is 12.1. The summed E-state index contributed by atoms with van der Waals surface area (Å²) in [5, 5.41) is 12.0. The van der Waals surface area contributed by atoms with Gasteiger partial charge < -0.3 is 9.88 Å². The molecule has 2 heterocycles. The molecule has 0 aliphatic heterocycles. The number of aryl methyl sites for hydroxylation is 1. The zero-order valence-corrected chi connectivity index (χ0v) is 14.9. The first-order valence-electron chi connectivity index (χ1n) is 7.62. The van der Waals surface area contributed by atoms with E-state index in [1.807, 2.05) is 13.1 Å². The highest BCUT2D eigenvalue weighted by Crippen LogP contribution is 2.31. The highest BCUT2D eigenvalue weighted by Gasteiger charge is 2.16. The van der Waals surface area contributed by atoms with E-state index in [4.69, 9.17) is 5.26 Å².